The first-order valence-electron chi connectivity index (χ1n) is 9.20. The largest absolute Gasteiger partial charge is 0.493 e. The summed E-state index contributed by atoms with van der Waals surface area (Å²) in [6.07, 6.45) is 6.70. The van der Waals surface area contributed by atoms with Gasteiger partial charge in [0.2, 0.25) is 0 Å². The molecule has 0 unspecified atom stereocenters. The van der Waals surface area contributed by atoms with Gasteiger partial charge in [-0.25, -0.2) is 0 Å². The van der Waals surface area contributed by atoms with Crippen molar-refractivity contribution in [3.63, 3.8) is 0 Å². The summed E-state index contributed by atoms with van der Waals surface area (Å²) in [5, 5.41) is 3.85. The van der Waals surface area contributed by atoms with Gasteiger partial charge in [0, 0.05) is 13.0 Å². The van der Waals surface area contributed by atoms with Gasteiger partial charge in [-0.2, -0.15) is 0 Å². The van der Waals surface area contributed by atoms with Crippen LogP contribution in [0, 0.1) is 13.8 Å². The van der Waals surface area contributed by atoms with E-state index in [1.165, 1.54) is 0 Å². The van der Waals surface area contributed by atoms with Crippen LogP contribution in [-0.4, -0.2) is 39.2 Å². The van der Waals surface area contributed by atoms with Crippen molar-refractivity contribution in [1.82, 2.24) is 0 Å². The van der Waals surface area contributed by atoms with E-state index in [4.69, 9.17) is 19.0 Å². The SMILES string of the molecule is C/C=C/COc1cc(C)c(OCCCCOCC/C(C)=N/OC)c(C)c1. The number of allylic oxidation sites excluding steroid dienone is 1. The maximum absolute atomic E-state index is 5.96. The van der Waals surface area contributed by atoms with E-state index in [0.29, 0.717) is 19.8 Å². The topological polar surface area (TPSA) is 49.3 Å². The quantitative estimate of drug-likeness (QED) is 0.218. The standard InChI is InChI=1S/C21H33NO4/c1-6-7-12-25-20-15-17(2)21(18(3)16-20)26-13-9-8-11-24-14-10-19(4)22-23-5/h6-7,15-16H,8-14H2,1-5H3/b7-6+,22-19+. The van der Waals surface area contributed by atoms with Crippen molar-refractivity contribution in [2.45, 2.75) is 47.0 Å². The molecule has 5 heteroatoms. The lowest BCUT2D eigenvalue weighted by Gasteiger charge is -2.14. The Balaban J connectivity index is 2.25. The Morgan fingerprint density at radius 3 is 2.38 bits per heavy atom. The molecule has 0 radical (unpaired) electrons. The fraction of sp³-hybridized carbons (Fsp3) is 0.571. The molecule has 0 amide bonds. The Bertz CT molecular complexity index is 558. The molecule has 0 heterocycles. The van der Waals surface area contributed by atoms with Crippen LogP contribution in [0.5, 0.6) is 11.5 Å². The second kappa shape index (κ2) is 13.2. The summed E-state index contributed by atoms with van der Waals surface area (Å²) in [6.45, 7) is 10.7. The summed E-state index contributed by atoms with van der Waals surface area (Å²) >= 11 is 0. The van der Waals surface area contributed by atoms with Crippen molar-refractivity contribution in [1.29, 1.82) is 0 Å². The highest BCUT2D eigenvalue weighted by atomic mass is 16.6. The average molecular weight is 363 g/mol. The summed E-state index contributed by atoms with van der Waals surface area (Å²) in [6, 6.07) is 4.05. The van der Waals surface area contributed by atoms with Crippen LogP contribution in [0.4, 0.5) is 0 Å². The zero-order chi connectivity index (χ0) is 19.2. The Labute approximate surface area is 158 Å². The first kappa shape index (κ1) is 22.0. The third kappa shape index (κ3) is 8.90. The maximum Gasteiger partial charge on any atom is 0.125 e. The molecule has 0 atom stereocenters. The van der Waals surface area contributed by atoms with Gasteiger partial charge in [0.1, 0.15) is 25.2 Å². The van der Waals surface area contributed by atoms with Gasteiger partial charge in [-0.3, -0.25) is 0 Å². The van der Waals surface area contributed by atoms with Crippen molar-refractivity contribution in [2.24, 2.45) is 5.16 Å². The van der Waals surface area contributed by atoms with Crippen molar-refractivity contribution in [3.05, 3.63) is 35.4 Å². The molecule has 0 aliphatic carbocycles. The lowest BCUT2D eigenvalue weighted by Crippen LogP contribution is -2.05. The molecule has 0 fully saturated rings. The van der Waals surface area contributed by atoms with Crippen molar-refractivity contribution in [3.8, 4) is 11.5 Å². The molecular weight excluding hydrogens is 330 g/mol. The highest BCUT2D eigenvalue weighted by Crippen LogP contribution is 2.28. The van der Waals surface area contributed by atoms with Crippen molar-refractivity contribution < 1.29 is 19.0 Å². The second-order valence-electron chi connectivity index (χ2n) is 6.19. The van der Waals surface area contributed by atoms with E-state index in [1.54, 1.807) is 7.11 Å². The average Bonchev–Trinajstić information content (AvgIpc) is 2.59. The van der Waals surface area contributed by atoms with Gasteiger partial charge >= 0.3 is 0 Å². The Kier molecular flexibility index (Phi) is 11.2. The number of benzene rings is 1. The minimum Gasteiger partial charge on any atom is -0.493 e. The molecule has 0 saturated carbocycles. The van der Waals surface area contributed by atoms with Crippen LogP contribution in [0.15, 0.2) is 29.4 Å². The molecule has 1 aromatic carbocycles. The van der Waals surface area contributed by atoms with Crippen molar-refractivity contribution in [2.75, 3.05) is 33.5 Å². The van der Waals surface area contributed by atoms with Gasteiger partial charge < -0.3 is 19.0 Å². The lowest BCUT2D eigenvalue weighted by molar-refractivity contribution is 0.131. The second-order valence-corrected chi connectivity index (χ2v) is 6.19. The zero-order valence-corrected chi connectivity index (χ0v) is 16.8. The van der Waals surface area contributed by atoms with Gasteiger partial charge in [0.05, 0.1) is 18.9 Å². The molecule has 0 aromatic heterocycles. The number of unbranched alkanes of at least 4 members (excludes halogenated alkanes) is 1. The first-order valence-corrected chi connectivity index (χ1v) is 9.20. The Hall–Kier alpha value is -2.01. The lowest BCUT2D eigenvalue weighted by atomic mass is 10.1. The summed E-state index contributed by atoms with van der Waals surface area (Å²) in [5.74, 6) is 1.84. The predicted octanol–water partition coefficient (Wildman–Crippen LogP) is 4.85. The number of hydrogen-bond acceptors (Lipinski definition) is 5. The molecule has 26 heavy (non-hydrogen) atoms. The number of nitrogens with zero attached hydrogens (tertiary/aromatic N) is 1. The van der Waals surface area contributed by atoms with E-state index in [0.717, 1.165) is 54.2 Å². The zero-order valence-electron chi connectivity index (χ0n) is 16.8. The van der Waals surface area contributed by atoms with E-state index in [2.05, 4.69) is 19.0 Å². The predicted molar refractivity (Wildman–Crippen MR) is 107 cm³/mol. The summed E-state index contributed by atoms with van der Waals surface area (Å²) in [4.78, 5) is 4.71. The summed E-state index contributed by atoms with van der Waals surface area (Å²) in [5.41, 5.74) is 3.15. The van der Waals surface area contributed by atoms with Gasteiger partial charge in [-0.15, -0.1) is 0 Å². The van der Waals surface area contributed by atoms with E-state index >= 15 is 0 Å². The van der Waals surface area contributed by atoms with E-state index < -0.39 is 0 Å². The van der Waals surface area contributed by atoms with E-state index in [1.807, 2.05) is 38.1 Å². The Morgan fingerprint density at radius 2 is 1.73 bits per heavy atom. The first-order chi connectivity index (χ1) is 12.6. The number of hydrogen-bond donors (Lipinski definition) is 0. The fourth-order valence-corrected chi connectivity index (χ4v) is 2.47. The number of ether oxygens (including phenoxy) is 3. The van der Waals surface area contributed by atoms with Crippen LogP contribution in [0.1, 0.15) is 44.2 Å². The Morgan fingerprint density at radius 1 is 1.04 bits per heavy atom. The van der Waals surface area contributed by atoms with Crippen LogP contribution in [0.25, 0.3) is 0 Å². The maximum atomic E-state index is 5.96. The molecule has 5 nitrogen and oxygen atoms in total. The molecule has 146 valence electrons. The van der Waals surface area contributed by atoms with Crippen LogP contribution in [0.2, 0.25) is 0 Å². The van der Waals surface area contributed by atoms with Gasteiger partial charge in [-0.05, 0) is 63.8 Å². The van der Waals surface area contributed by atoms with Crippen LogP contribution in [-0.2, 0) is 9.57 Å². The molecule has 0 aliphatic rings. The summed E-state index contributed by atoms with van der Waals surface area (Å²) < 4.78 is 17.3. The number of oxime groups is 1. The molecule has 0 N–H and O–H groups in total. The monoisotopic (exact) mass is 363 g/mol. The minimum absolute atomic E-state index is 0.590. The molecule has 0 aliphatic heterocycles. The third-order valence-electron chi connectivity index (χ3n) is 3.80. The number of aryl methyl sites for hydroxylation is 2. The number of rotatable bonds is 13. The normalized spacial score (nSPS) is 11.8. The molecule has 0 saturated heterocycles. The fourth-order valence-electron chi connectivity index (χ4n) is 2.47. The van der Waals surface area contributed by atoms with Crippen molar-refractivity contribution >= 4 is 5.71 Å². The highest BCUT2D eigenvalue weighted by molar-refractivity contribution is 5.81. The summed E-state index contributed by atoms with van der Waals surface area (Å²) in [7, 11) is 1.55. The highest BCUT2D eigenvalue weighted by Gasteiger charge is 2.07. The molecule has 0 spiro atoms. The molecule has 1 rings (SSSR count). The third-order valence-corrected chi connectivity index (χ3v) is 3.80. The minimum atomic E-state index is 0.590. The molecular formula is C21H33NO4. The molecule has 1 aromatic rings. The van der Waals surface area contributed by atoms with Gasteiger partial charge in [0.25, 0.3) is 0 Å². The van der Waals surface area contributed by atoms with Gasteiger partial charge in [0.15, 0.2) is 0 Å². The van der Waals surface area contributed by atoms with Gasteiger partial charge in [-0.1, -0.05) is 17.3 Å². The van der Waals surface area contributed by atoms with Crippen LogP contribution >= 0.6 is 0 Å². The van der Waals surface area contributed by atoms with Crippen LogP contribution < -0.4 is 9.47 Å². The molecule has 0 bridgehead atoms. The van der Waals surface area contributed by atoms with Crippen LogP contribution in [0.3, 0.4) is 0 Å². The van der Waals surface area contributed by atoms with E-state index in [-0.39, 0.29) is 0 Å². The smallest absolute Gasteiger partial charge is 0.125 e. The van der Waals surface area contributed by atoms with E-state index in [9.17, 15) is 0 Å².